The molecule has 0 bridgehead atoms. The van der Waals surface area contributed by atoms with Crippen molar-refractivity contribution in [2.45, 2.75) is 92.3 Å². The first-order valence-electron chi connectivity index (χ1n) is 9.62. The van der Waals surface area contributed by atoms with Crippen molar-refractivity contribution in [3.8, 4) is 0 Å². The van der Waals surface area contributed by atoms with Gasteiger partial charge in [0, 0.05) is 12.5 Å². The molecule has 0 N–H and O–H groups in total. The fourth-order valence-corrected chi connectivity index (χ4v) is 5.98. The van der Waals surface area contributed by atoms with Crippen LogP contribution in [0, 0.1) is 22.7 Å². The first kappa shape index (κ1) is 19.2. The van der Waals surface area contributed by atoms with Gasteiger partial charge in [-0.2, -0.15) is 0 Å². The predicted molar refractivity (Wildman–Crippen MR) is 104 cm³/mol. The minimum absolute atomic E-state index is 0.297. The van der Waals surface area contributed by atoms with Gasteiger partial charge < -0.3 is 4.43 Å². The van der Waals surface area contributed by atoms with E-state index >= 15 is 0 Å². The second-order valence-electron chi connectivity index (χ2n) is 10.7. The zero-order chi connectivity index (χ0) is 17.7. The molecule has 3 atom stereocenters. The molecule has 0 spiro atoms. The molecule has 0 saturated heterocycles. The zero-order valence-electron chi connectivity index (χ0n) is 17.2. The maximum atomic E-state index is 6.68. The summed E-state index contributed by atoms with van der Waals surface area (Å²) in [6.07, 6.45) is 7.93. The number of hydrogen-bond donors (Lipinski definition) is 0. The summed E-state index contributed by atoms with van der Waals surface area (Å²) >= 11 is 0. The summed E-state index contributed by atoms with van der Waals surface area (Å²) in [5.74, 6) is 1.41. The molecule has 0 heterocycles. The van der Waals surface area contributed by atoms with Crippen molar-refractivity contribution < 1.29 is 4.43 Å². The Balaban J connectivity index is 2.23. The van der Waals surface area contributed by atoms with Crippen LogP contribution in [0.5, 0.6) is 0 Å². The smallest absolute Gasteiger partial charge is 0.0107 e. The summed E-state index contributed by atoms with van der Waals surface area (Å²) in [4.78, 5) is 0. The van der Waals surface area contributed by atoms with Crippen LogP contribution in [0.15, 0.2) is 11.6 Å². The van der Waals surface area contributed by atoms with E-state index in [2.05, 4.69) is 67.6 Å². The molecule has 0 aromatic rings. The normalized spacial score (nSPS) is 34.7. The molecule has 0 aromatic carbocycles. The first-order valence-corrected chi connectivity index (χ1v) is 12.5. The van der Waals surface area contributed by atoms with Gasteiger partial charge in [-0.3, -0.25) is 0 Å². The standard InChI is InChI=1S/C21H40OSi/c1-16-11-12-18-20(5,6)13-10-14-21(18,7)17(16)15-22-23(8,9)19(2,3)4/h11,17-18H,10,12-15H2,1-9H3/q-1/t17-,18-,21+/m0/s1. The molecule has 0 unspecified atom stereocenters. The van der Waals surface area contributed by atoms with Crippen molar-refractivity contribution in [1.82, 2.24) is 0 Å². The fourth-order valence-electron chi connectivity index (χ4n) is 4.97. The van der Waals surface area contributed by atoms with E-state index in [9.17, 15) is 0 Å². The minimum Gasteiger partial charge on any atom is -0.564 e. The maximum absolute atomic E-state index is 6.68. The predicted octanol–water partition coefficient (Wildman–Crippen LogP) is 6.81. The van der Waals surface area contributed by atoms with Crippen LogP contribution in [-0.4, -0.2) is 14.9 Å². The van der Waals surface area contributed by atoms with E-state index in [-0.39, 0.29) is 0 Å². The second-order valence-corrected chi connectivity index (χ2v) is 15.5. The van der Waals surface area contributed by atoms with E-state index in [1.54, 1.807) is 5.57 Å². The molecule has 0 radical (unpaired) electrons. The third-order valence-corrected chi connectivity index (χ3v) is 12.2. The second kappa shape index (κ2) is 6.02. The van der Waals surface area contributed by atoms with Crippen LogP contribution in [0.3, 0.4) is 0 Å². The molecule has 1 nitrogen and oxygen atoms in total. The largest absolute Gasteiger partial charge is 0.564 e. The molecule has 0 aromatic heterocycles. The number of rotatable bonds is 3. The Morgan fingerprint density at radius 2 is 1.78 bits per heavy atom. The van der Waals surface area contributed by atoms with Crippen LogP contribution in [0.25, 0.3) is 0 Å². The summed E-state index contributed by atoms with van der Waals surface area (Å²) in [6, 6.07) is 0. The monoisotopic (exact) mass is 336 g/mol. The van der Waals surface area contributed by atoms with Gasteiger partial charge >= 0.3 is 0 Å². The molecule has 1 fully saturated rings. The van der Waals surface area contributed by atoms with Crippen LogP contribution in [0.2, 0.25) is 18.1 Å². The first-order chi connectivity index (χ1) is 10.3. The van der Waals surface area contributed by atoms with E-state index in [4.69, 9.17) is 4.43 Å². The molecule has 2 rings (SSSR count). The van der Waals surface area contributed by atoms with Gasteiger partial charge in [0.2, 0.25) is 0 Å². The summed E-state index contributed by atoms with van der Waals surface area (Å²) in [7, 11) is -1.67. The van der Waals surface area contributed by atoms with Gasteiger partial charge in [-0.15, -0.1) is 18.1 Å². The lowest BCUT2D eigenvalue weighted by Crippen LogP contribution is -2.51. The lowest BCUT2D eigenvalue weighted by atomic mass is 9.49. The molecule has 1 saturated carbocycles. The Morgan fingerprint density at radius 1 is 1.17 bits per heavy atom. The maximum Gasteiger partial charge on any atom is 0.0107 e. The highest BCUT2D eigenvalue weighted by Gasteiger charge is 2.51. The summed E-state index contributed by atoms with van der Waals surface area (Å²) in [6.45, 7) is 22.6. The molecule has 0 aliphatic heterocycles. The van der Waals surface area contributed by atoms with E-state index < -0.39 is 8.32 Å². The minimum atomic E-state index is -1.67. The lowest BCUT2D eigenvalue weighted by molar-refractivity contribution is -0.0493. The zero-order valence-corrected chi connectivity index (χ0v) is 18.2. The quantitative estimate of drug-likeness (QED) is 0.406. The third kappa shape index (κ3) is 3.49. The highest BCUT2D eigenvalue weighted by Crippen LogP contribution is 2.59. The Labute approximate surface area is 146 Å². The van der Waals surface area contributed by atoms with Crippen LogP contribution >= 0.6 is 0 Å². The Kier molecular flexibility index (Phi) is 5.04. The van der Waals surface area contributed by atoms with Crippen molar-refractivity contribution in [2.75, 3.05) is 6.61 Å². The van der Waals surface area contributed by atoms with Gasteiger partial charge in [-0.25, -0.2) is 0 Å². The molecular formula is C21H40OSi-. The average Bonchev–Trinajstić information content (AvgIpc) is 2.35. The Hall–Kier alpha value is -0.0831. The molecule has 0 amide bonds. The number of allylic oxidation sites excluding steroid dienone is 1. The Morgan fingerprint density at radius 3 is 2.35 bits per heavy atom. The van der Waals surface area contributed by atoms with Gasteiger partial charge in [0.25, 0.3) is 0 Å². The van der Waals surface area contributed by atoms with Gasteiger partial charge in [0.15, 0.2) is 0 Å². The molecule has 135 valence electrons. The van der Waals surface area contributed by atoms with Crippen molar-refractivity contribution in [1.29, 1.82) is 0 Å². The van der Waals surface area contributed by atoms with Gasteiger partial charge in [-0.1, -0.05) is 59.6 Å². The van der Waals surface area contributed by atoms with Gasteiger partial charge in [0.1, 0.15) is 0 Å². The van der Waals surface area contributed by atoms with Crippen molar-refractivity contribution in [3.63, 3.8) is 0 Å². The van der Waals surface area contributed by atoms with Gasteiger partial charge in [-0.05, 0) is 51.3 Å². The molecule has 23 heavy (non-hydrogen) atoms. The highest BCUT2D eigenvalue weighted by molar-refractivity contribution is 6.74. The summed E-state index contributed by atoms with van der Waals surface area (Å²) < 4.78 is 6.68. The van der Waals surface area contributed by atoms with Crippen molar-refractivity contribution in [2.24, 2.45) is 22.7 Å². The van der Waals surface area contributed by atoms with E-state index in [0.717, 1.165) is 12.5 Å². The van der Waals surface area contributed by atoms with E-state index in [1.807, 2.05) is 0 Å². The Bertz CT molecular complexity index is 469. The van der Waals surface area contributed by atoms with Crippen LogP contribution < -0.4 is 0 Å². The highest BCUT2D eigenvalue weighted by atomic mass is 28.4. The van der Waals surface area contributed by atoms with Gasteiger partial charge in [0.05, 0.1) is 0 Å². The molecule has 2 aliphatic carbocycles. The lowest BCUT2D eigenvalue weighted by Gasteiger charge is -2.58. The number of fused-ring (bicyclic) bond motifs is 1. The molecule has 2 heteroatoms. The summed E-state index contributed by atoms with van der Waals surface area (Å²) in [5, 5.41) is 0.297. The van der Waals surface area contributed by atoms with E-state index in [1.165, 1.54) is 25.7 Å². The third-order valence-electron chi connectivity index (χ3n) is 7.71. The average molecular weight is 337 g/mol. The number of hydrogen-bond acceptors (Lipinski definition) is 1. The molecule has 2 aliphatic rings. The fraction of sp³-hybridized carbons (Fsp3) is 0.905. The van der Waals surface area contributed by atoms with Crippen LogP contribution in [0.4, 0.5) is 0 Å². The van der Waals surface area contributed by atoms with Crippen molar-refractivity contribution >= 4 is 8.32 Å². The SMILES string of the molecule is CC1=CC[C@H]2C(C)(C)CCC[C@]2(C)[C@H]1CO[Si-](C)(C)C(C)(C)C. The van der Waals surface area contributed by atoms with Crippen LogP contribution in [-0.2, 0) is 4.43 Å². The van der Waals surface area contributed by atoms with Crippen molar-refractivity contribution in [3.05, 3.63) is 11.6 Å². The van der Waals surface area contributed by atoms with E-state index in [0.29, 0.717) is 21.8 Å². The summed E-state index contributed by atoms with van der Waals surface area (Å²) in [5.41, 5.74) is 2.47. The van der Waals surface area contributed by atoms with Crippen LogP contribution in [0.1, 0.15) is 74.1 Å². The topological polar surface area (TPSA) is 9.23 Å². The molecular weight excluding hydrogens is 296 g/mol.